The lowest BCUT2D eigenvalue weighted by Crippen LogP contribution is -2.35. The average molecular weight is 264 g/mol. The lowest BCUT2D eigenvalue weighted by Gasteiger charge is -2.22. The molecule has 1 saturated carbocycles. The van der Waals surface area contributed by atoms with Gasteiger partial charge in [-0.25, -0.2) is 0 Å². The van der Waals surface area contributed by atoms with Gasteiger partial charge in [-0.15, -0.1) is 0 Å². The molecule has 0 bridgehead atoms. The fraction of sp³-hybridized carbons (Fsp3) is 0.714. The standard InChI is InChI=1S/C14H24N4O/c1-4-11-12(15)13(17-16-11)14(19)18(10-5-6-10)8-7-9(2)3/h9-10H,4-8,15H2,1-3H3,(H,16,17). The molecule has 19 heavy (non-hydrogen) atoms. The Hall–Kier alpha value is -1.52. The highest BCUT2D eigenvalue weighted by Gasteiger charge is 2.34. The average Bonchev–Trinajstić information content (AvgIpc) is 3.12. The second kappa shape index (κ2) is 5.63. The number of nitrogens with one attached hydrogen (secondary N) is 1. The summed E-state index contributed by atoms with van der Waals surface area (Å²) in [5, 5.41) is 6.96. The molecule has 1 fully saturated rings. The topological polar surface area (TPSA) is 75.0 Å². The van der Waals surface area contributed by atoms with E-state index in [0.29, 0.717) is 23.3 Å². The first-order valence-corrected chi connectivity index (χ1v) is 7.18. The van der Waals surface area contributed by atoms with Gasteiger partial charge in [-0.2, -0.15) is 5.10 Å². The minimum Gasteiger partial charge on any atom is -0.395 e. The predicted molar refractivity (Wildman–Crippen MR) is 75.9 cm³/mol. The number of nitrogens with zero attached hydrogens (tertiary/aromatic N) is 2. The van der Waals surface area contributed by atoms with Crippen LogP contribution in [0.1, 0.15) is 56.2 Å². The van der Waals surface area contributed by atoms with E-state index >= 15 is 0 Å². The summed E-state index contributed by atoms with van der Waals surface area (Å²) < 4.78 is 0. The highest BCUT2D eigenvalue weighted by molar-refractivity contribution is 5.98. The molecule has 0 spiro atoms. The van der Waals surface area contributed by atoms with Gasteiger partial charge in [-0.05, 0) is 31.6 Å². The lowest BCUT2D eigenvalue weighted by molar-refractivity contribution is 0.0730. The smallest absolute Gasteiger partial charge is 0.276 e. The number of aromatic nitrogens is 2. The molecule has 2 rings (SSSR count). The number of aryl methyl sites for hydroxylation is 1. The number of amides is 1. The quantitative estimate of drug-likeness (QED) is 0.827. The Balaban J connectivity index is 2.12. The first-order valence-electron chi connectivity index (χ1n) is 7.18. The van der Waals surface area contributed by atoms with Crippen molar-refractivity contribution >= 4 is 11.6 Å². The number of carbonyl (C=O) groups excluding carboxylic acids is 1. The third kappa shape index (κ3) is 3.08. The molecule has 3 N–H and O–H groups in total. The van der Waals surface area contributed by atoms with Gasteiger partial charge in [0, 0.05) is 12.6 Å². The molecule has 0 unspecified atom stereocenters. The zero-order chi connectivity index (χ0) is 14.0. The number of nitrogens with two attached hydrogens (primary N) is 1. The van der Waals surface area contributed by atoms with Crippen molar-refractivity contribution in [3.05, 3.63) is 11.4 Å². The third-order valence-corrected chi connectivity index (χ3v) is 3.63. The SMILES string of the molecule is CCc1[nH]nc(C(=O)N(CCC(C)C)C2CC2)c1N. The fourth-order valence-electron chi connectivity index (χ4n) is 2.19. The summed E-state index contributed by atoms with van der Waals surface area (Å²) in [6.45, 7) is 7.14. The van der Waals surface area contributed by atoms with Crippen LogP contribution < -0.4 is 5.73 Å². The number of rotatable bonds is 6. The van der Waals surface area contributed by atoms with E-state index in [0.717, 1.165) is 37.9 Å². The van der Waals surface area contributed by atoms with Gasteiger partial charge in [-0.3, -0.25) is 9.89 Å². The molecular weight excluding hydrogens is 240 g/mol. The van der Waals surface area contributed by atoms with E-state index in [2.05, 4.69) is 24.0 Å². The van der Waals surface area contributed by atoms with Crippen LogP contribution in [0.5, 0.6) is 0 Å². The summed E-state index contributed by atoms with van der Waals surface area (Å²) in [5.74, 6) is 0.577. The van der Waals surface area contributed by atoms with Gasteiger partial charge in [0.15, 0.2) is 5.69 Å². The first kappa shape index (κ1) is 13.9. The van der Waals surface area contributed by atoms with Crippen molar-refractivity contribution in [1.29, 1.82) is 0 Å². The van der Waals surface area contributed by atoms with E-state index < -0.39 is 0 Å². The van der Waals surface area contributed by atoms with Gasteiger partial charge >= 0.3 is 0 Å². The molecule has 0 aromatic carbocycles. The van der Waals surface area contributed by atoms with E-state index in [9.17, 15) is 4.79 Å². The Morgan fingerprint density at radius 2 is 2.21 bits per heavy atom. The van der Waals surface area contributed by atoms with E-state index in [4.69, 9.17) is 5.73 Å². The molecule has 1 aromatic heterocycles. The molecule has 0 saturated heterocycles. The molecule has 0 radical (unpaired) electrons. The van der Waals surface area contributed by atoms with Crippen LogP contribution in [0, 0.1) is 5.92 Å². The van der Waals surface area contributed by atoms with Gasteiger partial charge in [0.1, 0.15) is 0 Å². The Bertz CT molecular complexity index is 448. The highest BCUT2D eigenvalue weighted by Crippen LogP contribution is 2.30. The Kier molecular flexibility index (Phi) is 4.12. The van der Waals surface area contributed by atoms with Gasteiger partial charge in [0.05, 0.1) is 11.4 Å². The van der Waals surface area contributed by atoms with Gasteiger partial charge in [-0.1, -0.05) is 20.8 Å². The van der Waals surface area contributed by atoms with Crippen LogP contribution >= 0.6 is 0 Å². The Morgan fingerprint density at radius 3 is 2.68 bits per heavy atom. The second-order valence-corrected chi connectivity index (χ2v) is 5.73. The van der Waals surface area contributed by atoms with Crippen LogP contribution in [0.25, 0.3) is 0 Å². The van der Waals surface area contributed by atoms with Crippen LogP contribution in [-0.4, -0.2) is 33.6 Å². The van der Waals surface area contributed by atoms with Crippen LogP contribution in [-0.2, 0) is 6.42 Å². The van der Waals surface area contributed by atoms with E-state index in [1.165, 1.54) is 0 Å². The number of hydrogen-bond donors (Lipinski definition) is 2. The summed E-state index contributed by atoms with van der Waals surface area (Å²) in [7, 11) is 0. The maximum absolute atomic E-state index is 12.6. The van der Waals surface area contributed by atoms with Crippen molar-refractivity contribution in [2.45, 2.75) is 52.5 Å². The van der Waals surface area contributed by atoms with Crippen molar-refractivity contribution in [3.63, 3.8) is 0 Å². The van der Waals surface area contributed by atoms with Crippen molar-refractivity contribution < 1.29 is 4.79 Å². The van der Waals surface area contributed by atoms with Crippen LogP contribution in [0.15, 0.2) is 0 Å². The van der Waals surface area contributed by atoms with Crippen molar-refractivity contribution in [2.75, 3.05) is 12.3 Å². The molecule has 1 amide bonds. The summed E-state index contributed by atoms with van der Waals surface area (Å²) in [6.07, 6.45) is 4.00. The summed E-state index contributed by atoms with van der Waals surface area (Å²) in [6, 6.07) is 0.396. The monoisotopic (exact) mass is 264 g/mol. The van der Waals surface area contributed by atoms with Crippen LogP contribution in [0.4, 0.5) is 5.69 Å². The maximum Gasteiger partial charge on any atom is 0.276 e. The minimum absolute atomic E-state index is 0.0170. The second-order valence-electron chi connectivity index (χ2n) is 5.73. The van der Waals surface area contributed by atoms with Gasteiger partial charge in [0.25, 0.3) is 5.91 Å². The fourth-order valence-corrected chi connectivity index (χ4v) is 2.19. The summed E-state index contributed by atoms with van der Waals surface area (Å²) in [5.41, 5.74) is 7.75. The third-order valence-electron chi connectivity index (χ3n) is 3.63. The largest absolute Gasteiger partial charge is 0.395 e. The van der Waals surface area contributed by atoms with Crippen molar-refractivity contribution in [3.8, 4) is 0 Å². The number of H-pyrrole nitrogens is 1. The molecule has 1 heterocycles. The van der Waals surface area contributed by atoms with E-state index in [1.807, 2.05) is 11.8 Å². The molecule has 5 nitrogen and oxygen atoms in total. The van der Waals surface area contributed by atoms with Crippen molar-refractivity contribution in [2.24, 2.45) is 5.92 Å². The molecule has 1 aromatic rings. The van der Waals surface area contributed by atoms with Crippen LogP contribution in [0.3, 0.4) is 0 Å². The van der Waals surface area contributed by atoms with Crippen molar-refractivity contribution in [1.82, 2.24) is 15.1 Å². The summed E-state index contributed by atoms with van der Waals surface area (Å²) >= 11 is 0. The number of nitrogen functional groups attached to an aromatic ring is 1. The zero-order valence-electron chi connectivity index (χ0n) is 12.1. The number of carbonyl (C=O) groups is 1. The Morgan fingerprint density at radius 1 is 1.53 bits per heavy atom. The molecule has 106 valence electrons. The van der Waals surface area contributed by atoms with Gasteiger partial charge in [0.2, 0.25) is 0 Å². The van der Waals surface area contributed by atoms with E-state index in [1.54, 1.807) is 0 Å². The number of anilines is 1. The first-order chi connectivity index (χ1) is 9.04. The molecule has 1 aliphatic rings. The maximum atomic E-state index is 12.6. The normalized spacial score (nSPS) is 14.9. The van der Waals surface area contributed by atoms with Crippen LogP contribution in [0.2, 0.25) is 0 Å². The zero-order valence-corrected chi connectivity index (χ0v) is 12.1. The molecule has 0 atom stereocenters. The highest BCUT2D eigenvalue weighted by atomic mass is 16.2. The number of hydrogen-bond acceptors (Lipinski definition) is 3. The van der Waals surface area contributed by atoms with Gasteiger partial charge < -0.3 is 10.6 Å². The number of aromatic amines is 1. The molecular formula is C14H24N4O. The van der Waals surface area contributed by atoms with E-state index in [-0.39, 0.29) is 5.91 Å². The minimum atomic E-state index is -0.0170. The molecule has 5 heteroatoms. The summed E-state index contributed by atoms with van der Waals surface area (Å²) in [4.78, 5) is 14.5. The predicted octanol–water partition coefficient (Wildman–Crippen LogP) is 2.21. The molecule has 0 aliphatic heterocycles. The molecule has 1 aliphatic carbocycles. The Labute approximate surface area is 114 Å². The lowest BCUT2D eigenvalue weighted by atomic mass is 10.1.